The molecule has 0 amide bonds. The third-order valence-electron chi connectivity index (χ3n) is 8.58. The Morgan fingerprint density at radius 3 is 1.10 bits per heavy atom. The van der Waals surface area contributed by atoms with E-state index in [4.69, 9.17) is 9.84 Å². The molecule has 244 valence electrons. The zero-order chi connectivity index (χ0) is 30.1. The fraction of sp³-hybridized carbons (Fsp3) is 0.946. The van der Waals surface area contributed by atoms with E-state index in [0.717, 1.165) is 44.9 Å². The summed E-state index contributed by atoms with van der Waals surface area (Å²) in [5, 5.41) is 8.80. The zero-order valence-corrected chi connectivity index (χ0v) is 27.9. The van der Waals surface area contributed by atoms with Crippen LogP contribution in [0.4, 0.5) is 0 Å². The number of hydrogen-bond acceptors (Lipinski definition) is 3. The number of ether oxygens (including phenoxy) is 1. The average Bonchev–Trinajstić information content (AvgIpc) is 2.95. The quantitative estimate of drug-likeness (QED) is 0.0607. The number of carboxylic acid groups (broad SMARTS) is 1. The van der Waals surface area contributed by atoms with Gasteiger partial charge in [0.2, 0.25) is 0 Å². The molecule has 0 heterocycles. The molecule has 0 fully saturated rings. The molecular formula is C37H72O4. The maximum atomic E-state index is 12.4. The molecule has 4 heteroatoms. The smallest absolute Gasteiger partial charge is 0.306 e. The van der Waals surface area contributed by atoms with Gasteiger partial charge in [0.05, 0.1) is 0 Å². The molecule has 0 aliphatic carbocycles. The van der Waals surface area contributed by atoms with E-state index in [1.165, 1.54) is 141 Å². The summed E-state index contributed by atoms with van der Waals surface area (Å²) in [5.41, 5.74) is 0. The predicted octanol–water partition coefficient (Wildman–Crippen LogP) is 12.5. The Bertz CT molecular complexity index is 547. The van der Waals surface area contributed by atoms with Crippen LogP contribution in [0.15, 0.2) is 0 Å². The van der Waals surface area contributed by atoms with Crippen LogP contribution in [0.25, 0.3) is 0 Å². The molecule has 0 saturated carbocycles. The van der Waals surface area contributed by atoms with Gasteiger partial charge in [-0.3, -0.25) is 9.59 Å². The summed E-state index contributed by atoms with van der Waals surface area (Å²) in [4.78, 5) is 23.1. The van der Waals surface area contributed by atoms with Crippen LogP contribution in [-0.2, 0) is 14.3 Å². The van der Waals surface area contributed by atoms with Gasteiger partial charge < -0.3 is 9.84 Å². The highest BCUT2D eigenvalue weighted by Crippen LogP contribution is 2.18. The van der Waals surface area contributed by atoms with Crippen molar-refractivity contribution in [3.63, 3.8) is 0 Å². The van der Waals surface area contributed by atoms with E-state index in [2.05, 4.69) is 13.8 Å². The van der Waals surface area contributed by atoms with Crippen molar-refractivity contribution in [2.75, 3.05) is 0 Å². The lowest BCUT2D eigenvalue weighted by molar-refractivity contribution is -0.150. The SMILES string of the molecule is CCCCCCCCCCCCCCCCCCCCCCCC(=O)OC(CCCCCC)CCCCCC(=O)O. The molecule has 0 saturated heterocycles. The van der Waals surface area contributed by atoms with Crippen LogP contribution in [0.3, 0.4) is 0 Å². The molecule has 4 nitrogen and oxygen atoms in total. The van der Waals surface area contributed by atoms with Crippen molar-refractivity contribution < 1.29 is 19.4 Å². The molecule has 0 radical (unpaired) electrons. The molecular weight excluding hydrogens is 508 g/mol. The second kappa shape index (κ2) is 33.4. The predicted molar refractivity (Wildman–Crippen MR) is 177 cm³/mol. The zero-order valence-electron chi connectivity index (χ0n) is 27.9. The molecule has 0 aromatic rings. The summed E-state index contributed by atoms with van der Waals surface area (Å²) in [6.07, 6.45) is 38.7. The molecule has 41 heavy (non-hydrogen) atoms. The number of carbonyl (C=O) groups excluding carboxylic acids is 1. The van der Waals surface area contributed by atoms with Crippen molar-refractivity contribution in [3.05, 3.63) is 0 Å². The van der Waals surface area contributed by atoms with Gasteiger partial charge in [-0.15, -0.1) is 0 Å². The van der Waals surface area contributed by atoms with Crippen molar-refractivity contribution in [1.29, 1.82) is 0 Å². The van der Waals surface area contributed by atoms with Gasteiger partial charge in [0, 0.05) is 12.8 Å². The van der Waals surface area contributed by atoms with Crippen molar-refractivity contribution >= 4 is 11.9 Å². The lowest BCUT2D eigenvalue weighted by Gasteiger charge is -2.18. The molecule has 0 aromatic heterocycles. The summed E-state index contributed by atoms with van der Waals surface area (Å²) < 4.78 is 5.85. The van der Waals surface area contributed by atoms with Crippen molar-refractivity contribution in [2.45, 2.75) is 225 Å². The van der Waals surface area contributed by atoms with Gasteiger partial charge in [-0.1, -0.05) is 168 Å². The van der Waals surface area contributed by atoms with Crippen LogP contribution in [0.1, 0.15) is 219 Å². The van der Waals surface area contributed by atoms with Gasteiger partial charge in [-0.2, -0.15) is 0 Å². The van der Waals surface area contributed by atoms with E-state index in [0.29, 0.717) is 12.8 Å². The van der Waals surface area contributed by atoms with Crippen LogP contribution in [-0.4, -0.2) is 23.1 Å². The van der Waals surface area contributed by atoms with Crippen LogP contribution >= 0.6 is 0 Å². The minimum absolute atomic E-state index is 0.0130. The van der Waals surface area contributed by atoms with E-state index in [-0.39, 0.29) is 18.5 Å². The molecule has 0 aliphatic rings. The Labute approximate surface area is 256 Å². The number of aliphatic carboxylic acids is 1. The highest BCUT2D eigenvalue weighted by Gasteiger charge is 2.14. The molecule has 0 aliphatic heterocycles. The van der Waals surface area contributed by atoms with Gasteiger partial charge in [-0.05, 0) is 38.5 Å². The molecule has 0 rings (SSSR count). The molecule has 0 spiro atoms. The summed E-state index contributed by atoms with van der Waals surface area (Å²) >= 11 is 0. The Morgan fingerprint density at radius 2 is 0.732 bits per heavy atom. The summed E-state index contributed by atoms with van der Waals surface area (Å²) in [7, 11) is 0. The van der Waals surface area contributed by atoms with Gasteiger partial charge in [0.1, 0.15) is 6.10 Å². The normalized spacial score (nSPS) is 12.0. The lowest BCUT2D eigenvalue weighted by Crippen LogP contribution is -2.18. The van der Waals surface area contributed by atoms with Crippen molar-refractivity contribution in [1.82, 2.24) is 0 Å². The molecule has 1 atom stereocenters. The van der Waals surface area contributed by atoms with E-state index < -0.39 is 5.97 Å². The van der Waals surface area contributed by atoms with Crippen LogP contribution in [0.2, 0.25) is 0 Å². The third-order valence-corrected chi connectivity index (χ3v) is 8.58. The highest BCUT2D eigenvalue weighted by molar-refractivity contribution is 5.69. The first-order valence-corrected chi connectivity index (χ1v) is 18.5. The van der Waals surface area contributed by atoms with E-state index in [1.54, 1.807) is 0 Å². The Hall–Kier alpha value is -1.06. The van der Waals surface area contributed by atoms with Crippen molar-refractivity contribution in [3.8, 4) is 0 Å². The minimum Gasteiger partial charge on any atom is -0.481 e. The number of rotatable bonds is 34. The minimum atomic E-state index is -0.724. The maximum Gasteiger partial charge on any atom is 0.306 e. The topological polar surface area (TPSA) is 63.6 Å². The molecule has 1 unspecified atom stereocenters. The fourth-order valence-corrected chi connectivity index (χ4v) is 5.83. The standard InChI is InChI=1S/C37H72O4/c1-3-5-7-9-10-11-12-13-14-15-16-17-18-19-20-21-22-23-24-25-30-34-37(40)41-35(31-27-8-6-4-2)32-28-26-29-33-36(38)39/h35H,3-34H2,1-2H3,(H,38,39). The third kappa shape index (κ3) is 33.3. The first-order valence-electron chi connectivity index (χ1n) is 18.5. The van der Waals surface area contributed by atoms with Gasteiger partial charge in [-0.25, -0.2) is 0 Å². The summed E-state index contributed by atoms with van der Waals surface area (Å²) in [6, 6.07) is 0. The van der Waals surface area contributed by atoms with Gasteiger partial charge in [0.15, 0.2) is 0 Å². The summed E-state index contributed by atoms with van der Waals surface area (Å²) in [6.45, 7) is 4.50. The van der Waals surface area contributed by atoms with Crippen LogP contribution in [0.5, 0.6) is 0 Å². The summed E-state index contributed by atoms with van der Waals surface area (Å²) in [5.74, 6) is -0.758. The van der Waals surface area contributed by atoms with Crippen LogP contribution < -0.4 is 0 Å². The van der Waals surface area contributed by atoms with E-state index >= 15 is 0 Å². The van der Waals surface area contributed by atoms with E-state index in [1.807, 2.05) is 0 Å². The Balaban J connectivity index is 3.56. The average molecular weight is 581 g/mol. The largest absolute Gasteiger partial charge is 0.481 e. The second-order valence-electron chi connectivity index (χ2n) is 12.8. The Kier molecular flexibility index (Phi) is 32.6. The first kappa shape index (κ1) is 39.9. The van der Waals surface area contributed by atoms with Gasteiger partial charge in [0.25, 0.3) is 0 Å². The Morgan fingerprint density at radius 1 is 0.439 bits per heavy atom. The number of carbonyl (C=O) groups is 2. The lowest BCUT2D eigenvalue weighted by atomic mass is 10.0. The molecule has 0 aromatic carbocycles. The fourth-order valence-electron chi connectivity index (χ4n) is 5.83. The monoisotopic (exact) mass is 581 g/mol. The number of carboxylic acids is 1. The number of esters is 1. The van der Waals surface area contributed by atoms with Crippen LogP contribution in [0, 0.1) is 0 Å². The highest BCUT2D eigenvalue weighted by atomic mass is 16.5. The van der Waals surface area contributed by atoms with E-state index in [9.17, 15) is 9.59 Å². The maximum absolute atomic E-state index is 12.4. The van der Waals surface area contributed by atoms with Gasteiger partial charge >= 0.3 is 11.9 Å². The molecule has 0 bridgehead atoms. The number of hydrogen-bond donors (Lipinski definition) is 1. The number of unbranched alkanes of at least 4 members (excludes halogenated alkanes) is 25. The van der Waals surface area contributed by atoms with Crippen molar-refractivity contribution in [2.24, 2.45) is 0 Å². The molecule has 1 N–H and O–H groups in total. The first-order chi connectivity index (χ1) is 20.1. The second-order valence-corrected chi connectivity index (χ2v) is 12.8.